The maximum atomic E-state index is 13.7. The average Bonchev–Trinajstić information content (AvgIpc) is 2.48. The lowest BCUT2D eigenvalue weighted by Crippen LogP contribution is -2.36. The summed E-state index contributed by atoms with van der Waals surface area (Å²) in [5.74, 6) is 0. The zero-order valence-corrected chi connectivity index (χ0v) is 19.4. The van der Waals surface area contributed by atoms with E-state index < -0.39 is 23.8 Å². The van der Waals surface area contributed by atoms with Gasteiger partial charge in [-0.15, -0.1) is 0 Å². The highest BCUT2D eigenvalue weighted by Crippen LogP contribution is 2.52. The third-order valence-corrected chi connectivity index (χ3v) is 17.0. The molecule has 138 valence electrons. The van der Waals surface area contributed by atoms with E-state index in [1.807, 2.05) is 0 Å². The summed E-state index contributed by atoms with van der Waals surface area (Å²) in [7, 11) is -5.52. The molecule has 1 aliphatic heterocycles. The third kappa shape index (κ3) is 7.56. The molecule has 0 N–H and O–H groups in total. The van der Waals surface area contributed by atoms with Crippen molar-refractivity contribution in [1.82, 2.24) is 4.90 Å². The summed E-state index contributed by atoms with van der Waals surface area (Å²) >= 11 is 0. The van der Waals surface area contributed by atoms with Gasteiger partial charge >= 0.3 is 0 Å². The van der Waals surface area contributed by atoms with Crippen molar-refractivity contribution in [3.05, 3.63) is 0 Å². The molecule has 3 nitrogen and oxygen atoms in total. The van der Waals surface area contributed by atoms with Crippen molar-refractivity contribution in [2.75, 3.05) is 25.5 Å². The maximum absolute atomic E-state index is 13.7. The minimum atomic E-state index is -2.52. The molecule has 1 saturated heterocycles. The van der Waals surface area contributed by atoms with Crippen LogP contribution in [-0.2, 0) is 8.78 Å². The van der Waals surface area contributed by atoms with Crippen molar-refractivity contribution in [3.63, 3.8) is 0 Å². The summed E-state index contributed by atoms with van der Waals surface area (Å²) in [6.45, 7) is 15.8. The number of nitrogens with zero attached hydrogens (tertiary/aromatic N) is 1. The van der Waals surface area contributed by atoms with Crippen molar-refractivity contribution in [1.29, 1.82) is 0 Å². The van der Waals surface area contributed by atoms with Crippen LogP contribution in [0.5, 0.6) is 0 Å². The van der Waals surface area contributed by atoms with Gasteiger partial charge in [-0.05, 0) is 51.6 Å². The molecule has 1 unspecified atom stereocenters. The van der Waals surface area contributed by atoms with Crippen molar-refractivity contribution in [3.8, 4) is 0 Å². The molecule has 0 aromatic rings. The van der Waals surface area contributed by atoms with E-state index in [4.69, 9.17) is 4.21 Å². The molecule has 0 radical (unpaired) electrons. The second-order valence-corrected chi connectivity index (χ2v) is 21.3. The van der Waals surface area contributed by atoms with Gasteiger partial charge in [0.2, 0.25) is 7.37 Å². The van der Waals surface area contributed by atoms with Gasteiger partial charge in [-0.3, -0.25) is 9.46 Å². The van der Waals surface area contributed by atoms with E-state index in [1.54, 1.807) is 0 Å². The van der Waals surface area contributed by atoms with Gasteiger partial charge in [-0.2, -0.15) is 0 Å². The molecule has 0 aromatic carbocycles. The summed E-state index contributed by atoms with van der Waals surface area (Å²) < 4.78 is 20.0. The number of likely N-dealkylation sites (tertiary alicyclic amines) is 1. The standard InChI is InChI=1S/C17H40NO2PSi2/c1-7-23(8-2,9-3)16-15-21(19,20-22(4,5)6)17-18-13-11-10-12-14-18/h7-17H2,1-6H3. The van der Waals surface area contributed by atoms with Crippen LogP contribution < -0.4 is 0 Å². The first-order valence-electron chi connectivity index (χ1n) is 9.69. The Labute approximate surface area is 147 Å². The fourth-order valence-corrected chi connectivity index (χ4v) is 15.2. The first-order valence-corrected chi connectivity index (χ1v) is 17.9. The molecule has 1 heterocycles. The SMILES string of the molecule is CC[Si](CC)(CC)CCP(=O)(CN1CCCCC1)O[Si](C)(C)C. The molecule has 0 spiro atoms. The Morgan fingerprint density at radius 2 is 1.48 bits per heavy atom. The highest BCUT2D eigenvalue weighted by atomic mass is 31.2. The first kappa shape index (κ1) is 21.6. The molecule has 0 amide bonds. The largest absolute Gasteiger partial charge is 0.369 e. The van der Waals surface area contributed by atoms with Gasteiger partial charge in [-0.1, -0.05) is 45.3 Å². The van der Waals surface area contributed by atoms with E-state index in [-0.39, 0.29) is 0 Å². The van der Waals surface area contributed by atoms with Crippen molar-refractivity contribution in [2.45, 2.75) is 83.9 Å². The van der Waals surface area contributed by atoms with Crippen LogP contribution in [0.4, 0.5) is 0 Å². The van der Waals surface area contributed by atoms with E-state index in [9.17, 15) is 4.57 Å². The first-order chi connectivity index (χ1) is 10.7. The third-order valence-electron chi connectivity index (χ3n) is 5.54. The van der Waals surface area contributed by atoms with Crippen LogP contribution in [0, 0.1) is 0 Å². The Kier molecular flexibility index (Phi) is 8.77. The lowest BCUT2D eigenvalue weighted by Gasteiger charge is -2.36. The summed E-state index contributed by atoms with van der Waals surface area (Å²) in [6.07, 6.45) is 5.37. The minimum Gasteiger partial charge on any atom is -0.369 e. The number of hydrogen-bond acceptors (Lipinski definition) is 3. The molecule has 1 fully saturated rings. The Balaban J connectivity index is 2.80. The lowest BCUT2D eigenvalue weighted by atomic mass is 10.1. The van der Waals surface area contributed by atoms with E-state index in [2.05, 4.69) is 45.3 Å². The number of hydrogen-bond donors (Lipinski definition) is 0. The zero-order chi connectivity index (χ0) is 17.6. The fraction of sp³-hybridized carbons (Fsp3) is 1.00. The Morgan fingerprint density at radius 3 is 1.91 bits per heavy atom. The highest BCUT2D eigenvalue weighted by molar-refractivity contribution is 7.60. The molecular formula is C17H40NO2PSi2. The van der Waals surface area contributed by atoms with Gasteiger partial charge in [0.05, 0.1) is 14.4 Å². The van der Waals surface area contributed by atoms with Crippen LogP contribution in [0.1, 0.15) is 40.0 Å². The van der Waals surface area contributed by atoms with Crippen LogP contribution in [0.2, 0.25) is 43.8 Å². The molecule has 1 aliphatic rings. The monoisotopic (exact) mass is 377 g/mol. The Bertz CT molecular complexity index is 380. The summed E-state index contributed by atoms with van der Waals surface area (Å²) in [4.78, 5) is 2.41. The van der Waals surface area contributed by atoms with Gasteiger partial charge in [0.15, 0.2) is 8.32 Å². The van der Waals surface area contributed by atoms with E-state index in [0.29, 0.717) is 6.29 Å². The van der Waals surface area contributed by atoms with Gasteiger partial charge in [0, 0.05) is 6.16 Å². The molecule has 0 bridgehead atoms. The van der Waals surface area contributed by atoms with Crippen LogP contribution in [0.25, 0.3) is 0 Å². The second kappa shape index (κ2) is 9.33. The van der Waals surface area contributed by atoms with Gasteiger partial charge in [0.1, 0.15) is 0 Å². The summed E-state index contributed by atoms with van der Waals surface area (Å²) in [6, 6.07) is 5.13. The Hall–Kier alpha value is 0.584. The van der Waals surface area contributed by atoms with Crippen LogP contribution >= 0.6 is 7.37 Å². The fourth-order valence-electron chi connectivity index (χ4n) is 3.74. The molecule has 23 heavy (non-hydrogen) atoms. The zero-order valence-electron chi connectivity index (χ0n) is 16.5. The number of piperidine rings is 1. The van der Waals surface area contributed by atoms with E-state index in [0.717, 1.165) is 19.3 Å². The highest BCUT2D eigenvalue weighted by Gasteiger charge is 2.36. The molecule has 1 atom stereocenters. The molecule has 0 aliphatic carbocycles. The molecule has 0 aromatic heterocycles. The molecule has 0 saturated carbocycles. The van der Waals surface area contributed by atoms with Crippen molar-refractivity contribution >= 4 is 23.8 Å². The average molecular weight is 378 g/mol. The van der Waals surface area contributed by atoms with Gasteiger partial charge < -0.3 is 4.21 Å². The summed E-state index contributed by atoms with van der Waals surface area (Å²) in [5.41, 5.74) is 0. The lowest BCUT2D eigenvalue weighted by molar-refractivity contribution is 0.254. The topological polar surface area (TPSA) is 29.5 Å². The van der Waals surface area contributed by atoms with Crippen LogP contribution in [0.15, 0.2) is 0 Å². The normalized spacial score (nSPS) is 20.4. The van der Waals surface area contributed by atoms with E-state index in [1.165, 1.54) is 43.4 Å². The predicted molar refractivity (Wildman–Crippen MR) is 109 cm³/mol. The van der Waals surface area contributed by atoms with Crippen molar-refractivity contribution < 1.29 is 8.78 Å². The smallest absolute Gasteiger partial charge is 0.207 e. The quantitative estimate of drug-likeness (QED) is 0.342. The predicted octanol–water partition coefficient (Wildman–Crippen LogP) is 6.07. The van der Waals surface area contributed by atoms with Gasteiger partial charge in [0.25, 0.3) is 0 Å². The number of rotatable bonds is 10. The maximum Gasteiger partial charge on any atom is 0.207 e. The van der Waals surface area contributed by atoms with Crippen LogP contribution in [-0.4, -0.2) is 46.8 Å². The minimum absolute atomic E-state index is 0.707. The Morgan fingerprint density at radius 1 is 0.957 bits per heavy atom. The van der Waals surface area contributed by atoms with Gasteiger partial charge in [-0.25, -0.2) is 0 Å². The van der Waals surface area contributed by atoms with Crippen LogP contribution in [0.3, 0.4) is 0 Å². The van der Waals surface area contributed by atoms with E-state index >= 15 is 0 Å². The molecule has 1 rings (SSSR count). The molecular weight excluding hydrogens is 337 g/mol. The second-order valence-electron chi connectivity index (χ2n) is 8.37. The molecule has 6 heteroatoms. The van der Waals surface area contributed by atoms with Crippen molar-refractivity contribution in [2.24, 2.45) is 0 Å². The summed E-state index contributed by atoms with van der Waals surface area (Å²) in [5, 5.41) is 0.